The molecule has 1 fully saturated rings. The predicted octanol–water partition coefficient (Wildman–Crippen LogP) is 2.53. The van der Waals surface area contributed by atoms with Crippen molar-refractivity contribution in [2.75, 3.05) is 6.54 Å². The van der Waals surface area contributed by atoms with Gasteiger partial charge in [-0.05, 0) is 44.9 Å². The number of carbonyl (C=O) groups excluding carboxylic acids is 1. The van der Waals surface area contributed by atoms with E-state index in [0.717, 1.165) is 18.5 Å². The van der Waals surface area contributed by atoms with E-state index >= 15 is 0 Å². The maximum absolute atomic E-state index is 12.2. The van der Waals surface area contributed by atoms with Crippen molar-refractivity contribution in [1.29, 1.82) is 0 Å². The summed E-state index contributed by atoms with van der Waals surface area (Å²) < 4.78 is 0. The van der Waals surface area contributed by atoms with E-state index in [2.05, 4.69) is 24.5 Å². The van der Waals surface area contributed by atoms with Crippen LogP contribution in [0.1, 0.15) is 36.2 Å². The van der Waals surface area contributed by atoms with Gasteiger partial charge < -0.3 is 10.6 Å². The summed E-state index contributed by atoms with van der Waals surface area (Å²) in [6.45, 7) is 7.41. The zero-order chi connectivity index (χ0) is 13.1. The number of carbonyl (C=O) groups is 1. The predicted molar refractivity (Wildman–Crippen MR) is 80.9 cm³/mol. The summed E-state index contributed by atoms with van der Waals surface area (Å²) in [6.07, 6.45) is 1.11. The highest BCUT2D eigenvalue weighted by Crippen LogP contribution is 2.16. The zero-order valence-electron chi connectivity index (χ0n) is 11.8. The van der Waals surface area contributed by atoms with Gasteiger partial charge in [0.2, 0.25) is 0 Å². The van der Waals surface area contributed by atoms with Gasteiger partial charge in [0.1, 0.15) is 0 Å². The summed E-state index contributed by atoms with van der Waals surface area (Å²) >= 11 is 0. The number of halogens is 1. The number of nitrogens with one attached hydrogen (secondary N) is 2. The normalized spacial score (nSPS) is 26.4. The zero-order valence-corrected chi connectivity index (χ0v) is 12.6. The Kier molecular flexibility index (Phi) is 5.83. The van der Waals surface area contributed by atoms with Crippen molar-refractivity contribution >= 4 is 18.3 Å². The molecule has 1 amide bonds. The minimum Gasteiger partial charge on any atom is -0.347 e. The Morgan fingerprint density at radius 3 is 2.47 bits per heavy atom. The quantitative estimate of drug-likeness (QED) is 0.875. The van der Waals surface area contributed by atoms with Crippen LogP contribution in [0.3, 0.4) is 0 Å². The second-order valence-corrected chi connectivity index (χ2v) is 5.37. The third-order valence-electron chi connectivity index (χ3n) is 3.83. The molecule has 0 spiro atoms. The Bertz CT molecular complexity index is 409. The van der Waals surface area contributed by atoms with Crippen LogP contribution in [0.2, 0.25) is 0 Å². The third-order valence-corrected chi connectivity index (χ3v) is 3.83. The first-order valence-corrected chi connectivity index (χ1v) is 6.69. The molecule has 0 aromatic heterocycles. The van der Waals surface area contributed by atoms with E-state index in [1.165, 1.54) is 5.56 Å². The lowest BCUT2D eigenvalue weighted by Crippen LogP contribution is -2.55. The second-order valence-electron chi connectivity index (χ2n) is 5.37. The smallest absolute Gasteiger partial charge is 0.251 e. The molecule has 3 atom stereocenters. The average Bonchev–Trinajstić information content (AvgIpc) is 2.34. The van der Waals surface area contributed by atoms with Crippen molar-refractivity contribution in [2.24, 2.45) is 5.92 Å². The first kappa shape index (κ1) is 16.0. The summed E-state index contributed by atoms with van der Waals surface area (Å²) in [7, 11) is 0. The van der Waals surface area contributed by atoms with Crippen molar-refractivity contribution < 1.29 is 4.79 Å². The first-order valence-electron chi connectivity index (χ1n) is 6.69. The molecule has 106 valence electrons. The number of rotatable bonds is 2. The number of hydrogen-bond acceptors (Lipinski definition) is 2. The van der Waals surface area contributed by atoms with Gasteiger partial charge in [0.05, 0.1) is 0 Å². The molecular weight excluding hydrogens is 260 g/mol. The standard InChI is InChI=1S/C15H22N2O.ClH/c1-10-4-6-13(7-5-10)15(18)17-14-11(2)8-9-16-12(14)3;/h4-7,11-12,14,16H,8-9H2,1-3H3,(H,17,18);1H. The number of aryl methyl sites for hydroxylation is 1. The summed E-state index contributed by atoms with van der Waals surface area (Å²) in [5.74, 6) is 0.554. The Hall–Kier alpha value is -1.06. The topological polar surface area (TPSA) is 41.1 Å². The van der Waals surface area contributed by atoms with Crippen LogP contribution < -0.4 is 10.6 Å². The molecule has 1 aliphatic heterocycles. The molecule has 4 heteroatoms. The van der Waals surface area contributed by atoms with Gasteiger partial charge in [-0.25, -0.2) is 0 Å². The maximum atomic E-state index is 12.2. The molecule has 19 heavy (non-hydrogen) atoms. The minimum absolute atomic E-state index is 0. The Balaban J connectivity index is 0.00000180. The van der Waals surface area contributed by atoms with Crippen LogP contribution in [-0.2, 0) is 0 Å². The summed E-state index contributed by atoms with van der Waals surface area (Å²) in [4.78, 5) is 12.2. The Morgan fingerprint density at radius 1 is 1.26 bits per heavy atom. The summed E-state index contributed by atoms with van der Waals surface area (Å²) in [5.41, 5.74) is 1.91. The van der Waals surface area contributed by atoms with Crippen LogP contribution in [0.5, 0.6) is 0 Å². The van der Waals surface area contributed by atoms with Crippen LogP contribution in [0.4, 0.5) is 0 Å². The largest absolute Gasteiger partial charge is 0.347 e. The number of amides is 1. The molecule has 3 nitrogen and oxygen atoms in total. The fourth-order valence-electron chi connectivity index (χ4n) is 2.54. The van der Waals surface area contributed by atoms with Crippen molar-refractivity contribution in [3.05, 3.63) is 35.4 Å². The molecular formula is C15H23ClN2O. The molecule has 0 bridgehead atoms. The molecule has 0 radical (unpaired) electrons. The van der Waals surface area contributed by atoms with Crippen LogP contribution in [-0.4, -0.2) is 24.5 Å². The Labute approximate surface area is 121 Å². The molecule has 1 aromatic rings. The van der Waals surface area contributed by atoms with Crippen LogP contribution in [0.25, 0.3) is 0 Å². The molecule has 1 saturated heterocycles. The van der Waals surface area contributed by atoms with Gasteiger partial charge in [-0.15, -0.1) is 12.4 Å². The van der Waals surface area contributed by atoms with Gasteiger partial charge in [-0.1, -0.05) is 24.6 Å². The number of hydrogen-bond donors (Lipinski definition) is 2. The van der Waals surface area contributed by atoms with E-state index in [1.807, 2.05) is 31.2 Å². The molecule has 0 saturated carbocycles. The van der Waals surface area contributed by atoms with E-state index < -0.39 is 0 Å². The summed E-state index contributed by atoms with van der Waals surface area (Å²) in [6, 6.07) is 8.27. The van der Waals surface area contributed by atoms with Crippen molar-refractivity contribution in [3.63, 3.8) is 0 Å². The van der Waals surface area contributed by atoms with Crippen molar-refractivity contribution in [2.45, 2.75) is 39.3 Å². The van der Waals surface area contributed by atoms with Gasteiger partial charge in [-0.2, -0.15) is 0 Å². The van der Waals surface area contributed by atoms with Gasteiger partial charge in [0.25, 0.3) is 5.91 Å². The van der Waals surface area contributed by atoms with Crippen LogP contribution in [0.15, 0.2) is 24.3 Å². The molecule has 1 aliphatic rings. The fourth-order valence-corrected chi connectivity index (χ4v) is 2.54. The molecule has 1 heterocycles. The monoisotopic (exact) mass is 282 g/mol. The van der Waals surface area contributed by atoms with E-state index in [9.17, 15) is 4.79 Å². The van der Waals surface area contributed by atoms with Crippen LogP contribution in [0, 0.1) is 12.8 Å². The number of piperidine rings is 1. The third kappa shape index (κ3) is 3.95. The Morgan fingerprint density at radius 2 is 1.89 bits per heavy atom. The van der Waals surface area contributed by atoms with Gasteiger partial charge >= 0.3 is 0 Å². The lowest BCUT2D eigenvalue weighted by atomic mass is 9.89. The van der Waals surface area contributed by atoms with E-state index in [-0.39, 0.29) is 24.4 Å². The minimum atomic E-state index is 0. The second kappa shape index (κ2) is 6.92. The number of benzene rings is 1. The molecule has 2 N–H and O–H groups in total. The fraction of sp³-hybridized carbons (Fsp3) is 0.533. The molecule has 0 aliphatic carbocycles. The van der Waals surface area contributed by atoms with Crippen molar-refractivity contribution in [3.8, 4) is 0 Å². The van der Waals surface area contributed by atoms with Crippen LogP contribution >= 0.6 is 12.4 Å². The molecule has 3 unspecified atom stereocenters. The molecule has 1 aromatic carbocycles. The van der Waals surface area contributed by atoms with E-state index in [0.29, 0.717) is 12.0 Å². The van der Waals surface area contributed by atoms with Gasteiger partial charge in [0, 0.05) is 17.6 Å². The van der Waals surface area contributed by atoms with E-state index in [1.54, 1.807) is 0 Å². The van der Waals surface area contributed by atoms with E-state index in [4.69, 9.17) is 0 Å². The van der Waals surface area contributed by atoms with Gasteiger partial charge in [-0.3, -0.25) is 4.79 Å². The maximum Gasteiger partial charge on any atom is 0.251 e. The lowest BCUT2D eigenvalue weighted by molar-refractivity contribution is 0.0897. The SMILES string of the molecule is Cc1ccc(C(=O)NC2C(C)CCNC2C)cc1.Cl. The average molecular weight is 283 g/mol. The first-order chi connectivity index (χ1) is 8.58. The van der Waals surface area contributed by atoms with Crippen molar-refractivity contribution in [1.82, 2.24) is 10.6 Å². The highest BCUT2D eigenvalue weighted by atomic mass is 35.5. The summed E-state index contributed by atoms with van der Waals surface area (Å²) in [5, 5.41) is 6.57. The lowest BCUT2D eigenvalue weighted by Gasteiger charge is -2.36. The van der Waals surface area contributed by atoms with Gasteiger partial charge in [0.15, 0.2) is 0 Å². The highest BCUT2D eigenvalue weighted by molar-refractivity contribution is 5.94. The molecule has 2 rings (SSSR count). The highest BCUT2D eigenvalue weighted by Gasteiger charge is 2.28.